The lowest BCUT2D eigenvalue weighted by Gasteiger charge is -2.33. The number of ether oxygens (including phenoxy) is 1. The van der Waals surface area contributed by atoms with Gasteiger partial charge in [-0.1, -0.05) is 11.3 Å². The van der Waals surface area contributed by atoms with E-state index in [4.69, 9.17) is 4.74 Å². The zero-order valence-electron chi connectivity index (χ0n) is 16.5. The van der Waals surface area contributed by atoms with Gasteiger partial charge in [-0.2, -0.15) is 4.31 Å². The van der Waals surface area contributed by atoms with Crippen LogP contribution in [0.25, 0.3) is 0 Å². The third kappa shape index (κ3) is 3.74. The van der Waals surface area contributed by atoms with Crippen LogP contribution in [0.3, 0.4) is 0 Å². The zero-order valence-corrected chi connectivity index (χ0v) is 18.1. The highest BCUT2D eigenvalue weighted by Gasteiger charge is 2.34. The summed E-state index contributed by atoms with van der Waals surface area (Å²) in [5.74, 6) is -0.827. The highest BCUT2D eigenvalue weighted by Crippen LogP contribution is 2.24. The fourth-order valence-electron chi connectivity index (χ4n) is 3.42. The van der Waals surface area contributed by atoms with E-state index in [1.807, 2.05) is 0 Å². The summed E-state index contributed by atoms with van der Waals surface area (Å²) in [6.07, 6.45) is 0. The van der Waals surface area contributed by atoms with Crippen molar-refractivity contribution in [1.82, 2.24) is 19.2 Å². The molecule has 0 spiro atoms. The number of hydrogen-bond acceptors (Lipinski definition) is 7. The number of rotatable bonds is 4. The number of hydrogen-bond donors (Lipinski definition) is 2. The second-order valence-corrected chi connectivity index (χ2v) is 9.86. The van der Waals surface area contributed by atoms with Gasteiger partial charge in [0.15, 0.2) is 4.21 Å². The molecule has 1 aliphatic heterocycles. The van der Waals surface area contributed by atoms with E-state index in [1.165, 1.54) is 16.3 Å². The van der Waals surface area contributed by atoms with Gasteiger partial charge in [-0.3, -0.25) is 9.59 Å². The first-order chi connectivity index (χ1) is 13.6. The van der Waals surface area contributed by atoms with Crippen LogP contribution < -0.4 is 4.87 Å². The number of carbonyl (C=O) groups is 2. The molecule has 1 aliphatic rings. The quantitative estimate of drug-likeness (QED) is 0.667. The molecular formula is C17H22N4O6S2. The van der Waals surface area contributed by atoms with Crippen LogP contribution in [-0.2, 0) is 14.8 Å². The van der Waals surface area contributed by atoms with Crippen molar-refractivity contribution in [1.29, 1.82) is 0 Å². The summed E-state index contributed by atoms with van der Waals surface area (Å²) in [4.78, 5) is 42.8. The predicted octanol–water partition coefficient (Wildman–Crippen LogP) is 0.623. The molecule has 10 nitrogen and oxygen atoms in total. The van der Waals surface area contributed by atoms with Gasteiger partial charge < -0.3 is 19.6 Å². The Balaban J connectivity index is 1.76. The molecule has 2 aromatic heterocycles. The first kappa shape index (κ1) is 21.3. The van der Waals surface area contributed by atoms with Crippen LogP contribution in [0.15, 0.2) is 9.00 Å². The zero-order chi connectivity index (χ0) is 21.5. The number of esters is 1. The van der Waals surface area contributed by atoms with Crippen molar-refractivity contribution in [2.75, 3.05) is 33.3 Å². The first-order valence-corrected chi connectivity index (χ1v) is 11.1. The van der Waals surface area contributed by atoms with Crippen molar-refractivity contribution in [2.45, 2.75) is 25.0 Å². The molecule has 158 valence electrons. The number of thiazole rings is 1. The van der Waals surface area contributed by atoms with Crippen molar-refractivity contribution < 1.29 is 22.7 Å². The van der Waals surface area contributed by atoms with Crippen LogP contribution in [0.1, 0.15) is 37.8 Å². The lowest BCUT2D eigenvalue weighted by Crippen LogP contribution is -2.50. The maximum atomic E-state index is 12.9. The van der Waals surface area contributed by atoms with Crippen LogP contribution in [0, 0.1) is 20.8 Å². The van der Waals surface area contributed by atoms with Gasteiger partial charge in [0.25, 0.3) is 15.9 Å². The maximum Gasteiger partial charge on any atom is 0.339 e. The summed E-state index contributed by atoms with van der Waals surface area (Å²) in [7, 11) is -2.52. The minimum absolute atomic E-state index is 0.000772. The topological polar surface area (TPSA) is 133 Å². The number of methoxy groups -OCH3 is 1. The molecular weight excluding hydrogens is 420 g/mol. The van der Waals surface area contributed by atoms with E-state index < -0.39 is 20.9 Å². The van der Waals surface area contributed by atoms with E-state index in [0.717, 1.165) is 0 Å². The number of aromatic nitrogens is 2. The van der Waals surface area contributed by atoms with E-state index in [1.54, 1.807) is 20.8 Å². The lowest BCUT2D eigenvalue weighted by atomic mass is 10.1. The van der Waals surface area contributed by atoms with E-state index in [2.05, 4.69) is 9.97 Å². The molecule has 0 aliphatic carbocycles. The Morgan fingerprint density at radius 2 is 1.66 bits per heavy atom. The molecule has 1 amide bonds. The monoisotopic (exact) mass is 442 g/mol. The number of nitrogens with one attached hydrogen (secondary N) is 2. The minimum atomic E-state index is -3.80. The molecule has 0 radical (unpaired) electrons. The fourth-order valence-corrected chi connectivity index (χ4v) is 6.27. The van der Waals surface area contributed by atoms with Crippen molar-refractivity contribution in [2.24, 2.45) is 0 Å². The molecule has 1 saturated heterocycles. The smallest absolute Gasteiger partial charge is 0.339 e. The molecule has 12 heteroatoms. The summed E-state index contributed by atoms with van der Waals surface area (Å²) in [5, 5.41) is 0. The van der Waals surface area contributed by atoms with Gasteiger partial charge in [0.05, 0.1) is 12.7 Å². The standard InChI is InChI=1S/C17H22N4O6S2/c1-9-12(15(23)27-4)10(2)18-13(9)14(22)20-5-7-21(8-6-20)29(25,26)16-11(3)19-17(24)28-16/h18H,5-8H2,1-4H3,(H,19,24). The molecule has 2 N–H and O–H groups in total. The van der Waals surface area contributed by atoms with Crippen molar-refractivity contribution in [3.05, 3.63) is 37.9 Å². The normalized spacial score (nSPS) is 15.5. The highest BCUT2D eigenvalue weighted by atomic mass is 32.2. The Kier molecular flexibility index (Phi) is 5.70. The Morgan fingerprint density at radius 3 is 2.17 bits per heavy atom. The molecule has 3 rings (SSSR count). The first-order valence-electron chi connectivity index (χ1n) is 8.84. The number of nitrogens with zero attached hydrogens (tertiary/aromatic N) is 2. The minimum Gasteiger partial charge on any atom is -0.465 e. The van der Waals surface area contributed by atoms with Crippen LogP contribution in [0.2, 0.25) is 0 Å². The molecule has 0 bridgehead atoms. The molecule has 3 heterocycles. The third-order valence-electron chi connectivity index (χ3n) is 4.92. The van der Waals surface area contributed by atoms with Crippen LogP contribution in [0.5, 0.6) is 0 Å². The van der Waals surface area contributed by atoms with E-state index in [0.29, 0.717) is 39.5 Å². The van der Waals surface area contributed by atoms with Crippen LogP contribution in [-0.4, -0.2) is 72.8 Å². The van der Waals surface area contributed by atoms with E-state index in [-0.39, 0.29) is 36.3 Å². The van der Waals surface area contributed by atoms with Gasteiger partial charge in [0, 0.05) is 37.6 Å². The SMILES string of the molecule is COC(=O)c1c(C)[nH]c(C(=O)N2CCN(S(=O)(=O)c3sc(=O)[nH]c3C)CC2)c1C. The lowest BCUT2D eigenvalue weighted by molar-refractivity contribution is 0.0599. The number of aryl methyl sites for hydroxylation is 2. The molecule has 0 saturated carbocycles. The average molecular weight is 443 g/mol. The fraction of sp³-hybridized carbons (Fsp3) is 0.471. The molecule has 29 heavy (non-hydrogen) atoms. The largest absolute Gasteiger partial charge is 0.465 e. The second kappa shape index (κ2) is 7.76. The van der Waals surface area contributed by atoms with Gasteiger partial charge in [0.2, 0.25) is 0 Å². The molecule has 0 atom stereocenters. The van der Waals surface area contributed by atoms with Gasteiger partial charge in [-0.15, -0.1) is 0 Å². The predicted molar refractivity (Wildman–Crippen MR) is 106 cm³/mol. The van der Waals surface area contributed by atoms with E-state index in [9.17, 15) is 22.8 Å². The Bertz CT molecular complexity index is 1120. The second-order valence-electron chi connectivity index (χ2n) is 6.74. The summed E-state index contributed by atoms with van der Waals surface area (Å²) >= 11 is 0.660. The number of sulfonamides is 1. The third-order valence-corrected chi connectivity index (χ3v) is 8.40. The van der Waals surface area contributed by atoms with Crippen LogP contribution >= 0.6 is 11.3 Å². The van der Waals surface area contributed by atoms with Gasteiger partial charge in [0.1, 0.15) is 5.69 Å². The number of aromatic amines is 2. The molecule has 2 aromatic rings. The number of piperazine rings is 1. The summed E-state index contributed by atoms with van der Waals surface area (Å²) < 4.78 is 31.6. The highest BCUT2D eigenvalue weighted by molar-refractivity contribution is 7.91. The molecule has 0 unspecified atom stereocenters. The Morgan fingerprint density at radius 1 is 1.03 bits per heavy atom. The van der Waals surface area contributed by atoms with E-state index >= 15 is 0 Å². The molecule has 1 fully saturated rings. The molecule has 0 aromatic carbocycles. The summed E-state index contributed by atoms with van der Waals surface area (Å²) in [6, 6.07) is 0. The van der Waals surface area contributed by atoms with Crippen molar-refractivity contribution >= 4 is 33.2 Å². The van der Waals surface area contributed by atoms with Gasteiger partial charge >= 0.3 is 10.8 Å². The average Bonchev–Trinajstić information content (AvgIpc) is 3.18. The Labute approximate surface area is 171 Å². The van der Waals surface area contributed by atoms with Crippen LogP contribution in [0.4, 0.5) is 0 Å². The summed E-state index contributed by atoms with van der Waals surface area (Å²) in [5.41, 5.74) is 1.97. The number of carbonyl (C=O) groups excluding carboxylic acids is 2. The van der Waals surface area contributed by atoms with Gasteiger partial charge in [-0.05, 0) is 26.3 Å². The van der Waals surface area contributed by atoms with Crippen molar-refractivity contribution in [3.63, 3.8) is 0 Å². The van der Waals surface area contributed by atoms with Gasteiger partial charge in [-0.25, -0.2) is 13.2 Å². The maximum absolute atomic E-state index is 12.9. The Hall–Kier alpha value is -2.44. The van der Waals surface area contributed by atoms with Crippen molar-refractivity contribution in [3.8, 4) is 0 Å². The number of H-pyrrole nitrogens is 2. The number of amides is 1. The summed E-state index contributed by atoms with van der Waals surface area (Å²) in [6.45, 7) is 5.51.